The first-order valence-corrected chi connectivity index (χ1v) is 18.1. The summed E-state index contributed by atoms with van der Waals surface area (Å²) in [6.45, 7) is 44.6. The largest absolute Gasteiger partial charge is 0.328 e. The second-order valence-electron chi connectivity index (χ2n) is 16.4. The Labute approximate surface area is 256 Å². The van der Waals surface area contributed by atoms with E-state index in [1.54, 1.807) is 0 Å². The molecule has 0 bridgehead atoms. The summed E-state index contributed by atoms with van der Waals surface area (Å²) in [6, 6.07) is 0.278. The van der Waals surface area contributed by atoms with E-state index in [1.807, 2.05) is 0 Å². The van der Waals surface area contributed by atoms with Crippen molar-refractivity contribution in [1.29, 1.82) is 0 Å². The molecule has 40 heavy (non-hydrogen) atoms. The van der Waals surface area contributed by atoms with Crippen molar-refractivity contribution in [3.05, 3.63) is 0 Å². The van der Waals surface area contributed by atoms with Crippen LogP contribution in [0.1, 0.15) is 150 Å². The van der Waals surface area contributed by atoms with E-state index in [4.69, 9.17) is 5.73 Å². The van der Waals surface area contributed by atoms with Gasteiger partial charge in [-0.05, 0) is 108 Å². The molecule has 0 saturated carbocycles. The molecule has 0 aromatic rings. The summed E-state index contributed by atoms with van der Waals surface area (Å²) >= 11 is 0. The third-order valence-electron chi connectivity index (χ3n) is 14.4. The Morgan fingerprint density at radius 1 is 0.325 bits per heavy atom. The molecule has 0 aliphatic rings. The standard InChI is InChI=1S/C39H81N/c1-19-23(2)28(7)26(5)22-27(6)31(10)34(13)35(14)32(11)29(8)24(3)20-21-25(4)30(9)33(12)36(15)37(16)38(17)39(18)40/h23-39H,19-22,40H2,1-18H3/t23?,24?,25?,26?,27-,28?,29?,30?,31-,32?,33?,34?,35+,36?,37?,38?,39?/m0/s1. The molecule has 0 heterocycles. The second kappa shape index (κ2) is 18.6. The van der Waals surface area contributed by atoms with Crippen LogP contribution in [0.2, 0.25) is 0 Å². The van der Waals surface area contributed by atoms with Gasteiger partial charge in [0, 0.05) is 6.04 Å². The molecule has 0 aliphatic carbocycles. The Morgan fingerprint density at radius 2 is 0.600 bits per heavy atom. The Balaban J connectivity index is 4.99. The van der Waals surface area contributed by atoms with Gasteiger partial charge in [0.1, 0.15) is 0 Å². The third-order valence-corrected chi connectivity index (χ3v) is 14.4. The first-order valence-electron chi connectivity index (χ1n) is 18.1. The highest BCUT2D eigenvalue weighted by molar-refractivity contribution is 4.83. The highest BCUT2D eigenvalue weighted by atomic mass is 14.6. The molecule has 0 spiro atoms. The Morgan fingerprint density at radius 3 is 0.925 bits per heavy atom. The van der Waals surface area contributed by atoms with Gasteiger partial charge in [-0.15, -0.1) is 0 Å². The minimum atomic E-state index is 0.278. The molecule has 14 unspecified atom stereocenters. The molecular weight excluding hydrogens is 482 g/mol. The molecule has 242 valence electrons. The molecule has 0 amide bonds. The van der Waals surface area contributed by atoms with Crippen molar-refractivity contribution >= 4 is 0 Å². The van der Waals surface area contributed by atoms with Crippen LogP contribution in [0.5, 0.6) is 0 Å². The number of rotatable bonds is 20. The first kappa shape index (κ1) is 40.0. The van der Waals surface area contributed by atoms with Crippen LogP contribution >= 0.6 is 0 Å². The van der Waals surface area contributed by atoms with E-state index in [9.17, 15) is 0 Å². The zero-order valence-corrected chi connectivity index (χ0v) is 31.2. The van der Waals surface area contributed by atoms with Crippen LogP contribution < -0.4 is 5.73 Å². The maximum absolute atomic E-state index is 6.26. The topological polar surface area (TPSA) is 26.0 Å². The lowest BCUT2D eigenvalue weighted by Crippen LogP contribution is -2.36. The monoisotopic (exact) mass is 564 g/mol. The van der Waals surface area contributed by atoms with Gasteiger partial charge in [0.15, 0.2) is 0 Å². The fourth-order valence-electron chi connectivity index (χ4n) is 7.91. The minimum absolute atomic E-state index is 0.278. The maximum atomic E-state index is 6.26. The highest BCUT2D eigenvalue weighted by Gasteiger charge is 2.34. The summed E-state index contributed by atoms with van der Waals surface area (Å²) < 4.78 is 0. The lowest BCUT2D eigenvalue weighted by molar-refractivity contribution is 0.0970. The molecule has 0 rings (SSSR count). The van der Waals surface area contributed by atoms with Gasteiger partial charge in [0.05, 0.1) is 0 Å². The normalized spacial score (nSPS) is 25.6. The minimum Gasteiger partial charge on any atom is -0.328 e. The van der Waals surface area contributed by atoms with Gasteiger partial charge in [-0.1, -0.05) is 137 Å². The highest BCUT2D eigenvalue weighted by Crippen LogP contribution is 2.41. The van der Waals surface area contributed by atoms with E-state index in [-0.39, 0.29) is 6.04 Å². The number of hydrogen-bond acceptors (Lipinski definition) is 1. The molecule has 2 N–H and O–H groups in total. The van der Waals surface area contributed by atoms with Crippen molar-refractivity contribution in [2.75, 3.05) is 0 Å². The summed E-state index contributed by atoms with van der Waals surface area (Å²) in [5, 5.41) is 0. The van der Waals surface area contributed by atoms with E-state index in [0.717, 1.165) is 76.9 Å². The van der Waals surface area contributed by atoms with Crippen molar-refractivity contribution in [2.24, 2.45) is 100 Å². The van der Waals surface area contributed by atoms with Crippen LogP contribution in [-0.4, -0.2) is 6.04 Å². The van der Waals surface area contributed by atoms with Crippen LogP contribution in [0.3, 0.4) is 0 Å². The molecule has 0 aromatic heterocycles. The van der Waals surface area contributed by atoms with Gasteiger partial charge in [-0.3, -0.25) is 0 Å². The lowest BCUT2D eigenvalue weighted by atomic mass is 9.66. The zero-order chi connectivity index (χ0) is 31.6. The summed E-state index contributed by atoms with van der Waals surface area (Å²) in [4.78, 5) is 0. The van der Waals surface area contributed by atoms with E-state index in [0.29, 0.717) is 17.8 Å². The molecule has 0 radical (unpaired) electrons. The molecule has 1 nitrogen and oxygen atoms in total. The molecule has 0 saturated heterocycles. The summed E-state index contributed by atoms with van der Waals surface area (Å²) in [6.07, 6.45) is 5.40. The van der Waals surface area contributed by atoms with Gasteiger partial charge in [-0.2, -0.15) is 0 Å². The Hall–Kier alpha value is -0.0400. The van der Waals surface area contributed by atoms with Crippen LogP contribution in [0.4, 0.5) is 0 Å². The van der Waals surface area contributed by atoms with Crippen LogP contribution in [-0.2, 0) is 0 Å². The van der Waals surface area contributed by atoms with Crippen LogP contribution in [0.25, 0.3) is 0 Å². The molecule has 0 aromatic carbocycles. The summed E-state index contributed by atoms with van der Waals surface area (Å²) in [5.41, 5.74) is 6.26. The van der Waals surface area contributed by atoms with Crippen LogP contribution in [0, 0.1) is 94.7 Å². The molecule has 17 atom stereocenters. The van der Waals surface area contributed by atoms with Gasteiger partial charge >= 0.3 is 0 Å². The molecular formula is C39H81N. The van der Waals surface area contributed by atoms with Crippen molar-refractivity contribution in [3.8, 4) is 0 Å². The van der Waals surface area contributed by atoms with Gasteiger partial charge in [-0.25, -0.2) is 0 Å². The molecule has 0 fully saturated rings. The number of nitrogens with two attached hydrogens (primary N) is 1. The lowest BCUT2D eigenvalue weighted by Gasteiger charge is -2.39. The average molecular weight is 564 g/mol. The molecule has 0 aliphatic heterocycles. The smallest absolute Gasteiger partial charge is 0.00387 e. The predicted molar refractivity (Wildman–Crippen MR) is 184 cm³/mol. The fraction of sp³-hybridized carbons (Fsp3) is 1.00. The van der Waals surface area contributed by atoms with Crippen molar-refractivity contribution < 1.29 is 0 Å². The predicted octanol–water partition coefficient (Wildman–Crippen LogP) is 12.1. The van der Waals surface area contributed by atoms with E-state index in [1.165, 1.54) is 25.7 Å². The second-order valence-corrected chi connectivity index (χ2v) is 16.4. The SMILES string of the molecule is CCC(C)C(C)C(C)C[C@H](C)[C@H](C)C(C)[C@H](C)C(C)C(C)C(C)CCC(C)C(C)C(C)C(C)C(C)C(C)C(C)N. The van der Waals surface area contributed by atoms with Crippen LogP contribution in [0.15, 0.2) is 0 Å². The van der Waals surface area contributed by atoms with Crippen molar-refractivity contribution in [2.45, 2.75) is 156 Å². The third kappa shape index (κ3) is 11.6. The van der Waals surface area contributed by atoms with Gasteiger partial charge in [0.25, 0.3) is 0 Å². The van der Waals surface area contributed by atoms with Crippen molar-refractivity contribution in [3.63, 3.8) is 0 Å². The molecule has 1 heteroatoms. The first-order chi connectivity index (χ1) is 18.3. The summed E-state index contributed by atoms with van der Waals surface area (Å²) in [5.74, 6) is 12.1. The maximum Gasteiger partial charge on any atom is 0.00387 e. The van der Waals surface area contributed by atoms with Crippen molar-refractivity contribution in [1.82, 2.24) is 0 Å². The quantitative estimate of drug-likeness (QED) is 0.157. The van der Waals surface area contributed by atoms with E-state index >= 15 is 0 Å². The van der Waals surface area contributed by atoms with E-state index in [2.05, 4.69) is 125 Å². The van der Waals surface area contributed by atoms with Gasteiger partial charge < -0.3 is 5.73 Å². The zero-order valence-electron chi connectivity index (χ0n) is 31.2. The average Bonchev–Trinajstić information content (AvgIpc) is 2.94. The summed E-state index contributed by atoms with van der Waals surface area (Å²) in [7, 11) is 0. The fourth-order valence-corrected chi connectivity index (χ4v) is 7.91. The Bertz CT molecular complexity index is 641. The van der Waals surface area contributed by atoms with Gasteiger partial charge in [0.2, 0.25) is 0 Å². The van der Waals surface area contributed by atoms with E-state index < -0.39 is 0 Å². The Kier molecular flexibility index (Phi) is 18.6. The number of hydrogen-bond donors (Lipinski definition) is 1.